The van der Waals surface area contributed by atoms with Crippen molar-refractivity contribution in [2.75, 3.05) is 11.1 Å². The van der Waals surface area contributed by atoms with Crippen LogP contribution in [0.15, 0.2) is 53.0 Å². The maximum atomic E-state index is 12.9. The number of aryl methyl sites for hydroxylation is 1. The van der Waals surface area contributed by atoms with Crippen molar-refractivity contribution in [2.45, 2.75) is 52.0 Å². The number of carbonyl (C=O) groups is 1. The lowest BCUT2D eigenvalue weighted by molar-refractivity contribution is -0.116. The van der Waals surface area contributed by atoms with Gasteiger partial charge in [-0.15, -0.1) is 0 Å². The number of nitrogens with two attached hydrogens (primary N) is 1. The zero-order valence-electron chi connectivity index (χ0n) is 17.9. The van der Waals surface area contributed by atoms with E-state index in [1.807, 2.05) is 54.0 Å². The van der Waals surface area contributed by atoms with Crippen molar-refractivity contribution in [1.82, 2.24) is 9.55 Å². The molecular weight excluding hydrogens is 452 g/mol. The summed E-state index contributed by atoms with van der Waals surface area (Å²) in [6.07, 6.45) is 7.25. The highest BCUT2D eigenvalue weighted by molar-refractivity contribution is 9.10. The summed E-state index contributed by atoms with van der Waals surface area (Å²) in [5, 5.41) is 2.97. The van der Waals surface area contributed by atoms with Gasteiger partial charge in [0.2, 0.25) is 11.9 Å². The van der Waals surface area contributed by atoms with Gasteiger partial charge in [0.05, 0.1) is 11.4 Å². The lowest BCUT2D eigenvalue weighted by atomic mass is 9.85. The molecule has 0 unspecified atom stereocenters. The maximum Gasteiger partial charge on any atom is 0.244 e. The summed E-state index contributed by atoms with van der Waals surface area (Å²) < 4.78 is 2.82. The van der Waals surface area contributed by atoms with Crippen molar-refractivity contribution in [3.05, 3.63) is 64.3 Å². The summed E-state index contributed by atoms with van der Waals surface area (Å²) in [5.74, 6) is 0.889. The fourth-order valence-corrected chi connectivity index (χ4v) is 4.90. The molecule has 0 radical (unpaired) electrons. The smallest absolute Gasteiger partial charge is 0.244 e. The average Bonchev–Trinajstić information content (AvgIpc) is 3.05. The Kier molecular flexibility index (Phi) is 6.76. The predicted octanol–water partition coefficient (Wildman–Crippen LogP) is 5.96. The Hall–Kier alpha value is -2.60. The molecule has 1 amide bonds. The largest absolute Gasteiger partial charge is 0.369 e. The summed E-state index contributed by atoms with van der Waals surface area (Å²) in [6.45, 7) is 2.14. The third-order valence-corrected chi connectivity index (χ3v) is 6.73. The Bertz CT molecular complexity index is 1050. The first-order chi connectivity index (χ1) is 15.0. The number of carbonyl (C=O) groups excluding carboxylic acids is 1. The third kappa shape index (κ3) is 5.18. The van der Waals surface area contributed by atoms with Crippen LogP contribution in [0.4, 0.5) is 11.6 Å². The molecule has 6 heteroatoms. The highest BCUT2D eigenvalue weighted by atomic mass is 79.9. The zero-order chi connectivity index (χ0) is 21.8. The van der Waals surface area contributed by atoms with Crippen LogP contribution in [0.1, 0.15) is 43.4 Å². The molecule has 1 aliphatic carbocycles. The molecule has 1 aromatic heterocycles. The van der Waals surface area contributed by atoms with Crippen LogP contribution in [-0.2, 0) is 17.8 Å². The monoisotopic (exact) mass is 480 g/mol. The molecule has 31 heavy (non-hydrogen) atoms. The molecule has 5 nitrogen and oxygen atoms in total. The molecule has 2 aromatic carbocycles. The van der Waals surface area contributed by atoms with Gasteiger partial charge in [-0.2, -0.15) is 0 Å². The molecule has 0 saturated heterocycles. The lowest BCUT2D eigenvalue weighted by Gasteiger charge is -2.21. The number of halogens is 1. The first-order valence-electron chi connectivity index (χ1n) is 11.0. The van der Waals surface area contributed by atoms with E-state index in [1.165, 1.54) is 32.1 Å². The second-order valence-electron chi connectivity index (χ2n) is 8.45. The number of rotatable bonds is 6. The van der Waals surface area contributed by atoms with Crippen molar-refractivity contribution < 1.29 is 4.79 Å². The summed E-state index contributed by atoms with van der Waals surface area (Å²) in [7, 11) is 0. The van der Waals surface area contributed by atoms with Crippen LogP contribution in [0.5, 0.6) is 0 Å². The molecular formula is C25H29BrN4O. The van der Waals surface area contributed by atoms with Gasteiger partial charge < -0.3 is 15.6 Å². The van der Waals surface area contributed by atoms with Gasteiger partial charge in [0.15, 0.2) is 0 Å². The van der Waals surface area contributed by atoms with Gasteiger partial charge in [0, 0.05) is 15.7 Å². The van der Waals surface area contributed by atoms with Crippen molar-refractivity contribution in [3.8, 4) is 11.3 Å². The fraction of sp³-hybridized carbons (Fsp3) is 0.360. The zero-order valence-corrected chi connectivity index (χ0v) is 19.5. The lowest BCUT2D eigenvalue weighted by Crippen LogP contribution is -2.20. The molecule has 162 valence electrons. The normalized spacial score (nSPS) is 14.5. The predicted molar refractivity (Wildman–Crippen MR) is 130 cm³/mol. The second kappa shape index (κ2) is 9.69. The molecule has 0 aliphatic heterocycles. The number of nitrogens with zero attached hydrogens (tertiary/aromatic N) is 2. The van der Waals surface area contributed by atoms with E-state index in [2.05, 4.69) is 27.3 Å². The topological polar surface area (TPSA) is 72.9 Å². The number of nitrogen functional groups attached to an aromatic ring is 1. The minimum Gasteiger partial charge on any atom is -0.369 e. The quantitative estimate of drug-likeness (QED) is 0.456. The van der Waals surface area contributed by atoms with Crippen LogP contribution >= 0.6 is 15.9 Å². The van der Waals surface area contributed by atoms with E-state index in [1.54, 1.807) is 0 Å². The number of nitrogens with one attached hydrogen (secondary N) is 1. The summed E-state index contributed by atoms with van der Waals surface area (Å²) in [5.41, 5.74) is 11.2. The first kappa shape index (κ1) is 21.6. The molecule has 4 rings (SSSR count). The Labute approximate surface area is 192 Å². The fourth-order valence-electron chi connectivity index (χ4n) is 4.42. The molecule has 3 aromatic rings. The van der Waals surface area contributed by atoms with E-state index >= 15 is 0 Å². The SMILES string of the molecule is Cc1ccc(NC(=O)Cn2c(N)nc(CC3CCCCC3)c2-c2ccccc2Br)cc1. The molecule has 0 spiro atoms. The Morgan fingerprint density at radius 2 is 1.84 bits per heavy atom. The Balaban J connectivity index is 1.65. The third-order valence-electron chi connectivity index (χ3n) is 6.04. The number of imidazole rings is 1. The van der Waals surface area contributed by atoms with Gasteiger partial charge >= 0.3 is 0 Å². The van der Waals surface area contributed by atoms with E-state index in [4.69, 9.17) is 10.7 Å². The minimum atomic E-state index is -0.120. The minimum absolute atomic E-state index is 0.119. The summed E-state index contributed by atoms with van der Waals surface area (Å²) in [6, 6.07) is 15.8. The number of hydrogen-bond donors (Lipinski definition) is 2. The van der Waals surface area contributed by atoms with Crippen molar-refractivity contribution in [3.63, 3.8) is 0 Å². The molecule has 0 atom stereocenters. The van der Waals surface area contributed by atoms with Gasteiger partial charge in [-0.05, 0) is 37.5 Å². The van der Waals surface area contributed by atoms with Gasteiger partial charge in [-0.25, -0.2) is 4.98 Å². The van der Waals surface area contributed by atoms with Crippen LogP contribution in [-0.4, -0.2) is 15.5 Å². The molecule has 1 saturated carbocycles. The van der Waals surface area contributed by atoms with E-state index in [0.29, 0.717) is 11.9 Å². The second-order valence-corrected chi connectivity index (χ2v) is 9.31. The molecule has 0 bridgehead atoms. The molecule has 1 aliphatic rings. The van der Waals surface area contributed by atoms with Crippen molar-refractivity contribution in [1.29, 1.82) is 0 Å². The van der Waals surface area contributed by atoms with Crippen LogP contribution in [0.3, 0.4) is 0 Å². The van der Waals surface area contributed by atoms with Gasteiger partial charge in [-0.1, -0.05) is 83.9 Å². The number of aromatic nitrogens is 2. The van der Waals surface area contributed by atoms with E-state index in [-0.39, 0.29) is 12.5 Å². The van der Waals surface area contributed by atoms with E-state index in [0.717, 1.165) is 39.1 Å². The number of benzene rings is 2. The Morgan fingerprint density at radius 3 is 2.55 bits per heavy atom. The summed E-state index contributed by atoms with van der Waals surface area (Å²) >= 11 is 3.68. The van der Waals surface area contributed by atoms with E-state index < -0.39 is 0 Å². The molecule has 1 heterocycles. The molecule has 1 fully saturated rings. The molecule has 3 N–H and O–H groups in total. The van der Waals surface area contributed by atoms with Crippen LogP contribution in [0.2, 0.25) is 0 Å². The van der Waals surface area contributed by atoms with E-state index in [9.17, 15) is 4.79 Å². The Morgan fingerprint density at radius 1 is 1.13 bits per heavy atom. The standard InChI is InChI=1S/C25H29BrN4O/c1-17-11-13-19(14-12-17)28-23(31)16-30-24(20-9-5-6-10-21(20)26)22(29-25(30)27)15-18-7-3-2-4-8-18/h5-6,9-14,18H,2-4,7-8,15-16H2,1H3,(H2,27,29)(H,28,31). The number of amides is 1. The van der Waals surface area contributed by atoms with Crippen LogP contribution in [0, 0.1) is 12.8 Å². The van der Waals surface area contributed by atoms with Gasteiger partial charge in [0.25, 0.3) is 0 Å². The number of hydrogen-bond acceptors (Lipinski definition) is 3. The van der Waals surface area contributed by atoms with Gasteiger partial charge in [0.1, 0.15) is 6.54 Å². The van der Waals surface area contributed by atoms with Gasteiger partial charge in [-0.3, -0.25) is 4.79 Å². The highest BCUT2D eigenvalue weighted by Crippen LogP contribution is 2.35. The van der Waals surface area contributed by atoms with Crippen LogP contribution in [0.25, 0.3) is 11.3 Å². The van der Waals surface area contributed by atoms with Crippen molar-refractivity contribution >= 4 is 33.5 Å². The van der Waals surface area contributed by atoms with Crippen LogP contribution < -0.4 is 11.1 Å². The maximum absolute atomic E-state index is 12.9. The highest BCUT2D eigenvalue weighted by Gasteiger charge is 2.24. The average molecular weight is 481 g/mol. The summed E-state index contributed by atoms with van der Waals surface area (Å²) in [4.78, 5) is 17.6. The first-order valence-corrected chi connectivity index (χ1v) is 11.8. The van der Waals surface area contributed by atoms with Crippen molar-refractivity contribution in [2.24, 2.45) is 5.92 Å². The number of anilines is 2.